The van der Waals surface area contributed by atoms with Crippen LogP contribution in [0.2, 0.25) is 0 Å². The van der Waals surface area contributed by atoms with Gasteiger partial charge in [-0.2, -0.15) is 0 Å². The average Bonchev–Trinajstić information content (AvgIpc) is 2.36. The van der Waals surface area contributed by atoms with Crippen molar-refractivity contribution in [3.05, 3.63) is 60.5 Å². The monoisotopic (exact) mass is 481 g/mol. The summed E-state index contributed by atoms with van der Waals surface area (Å²) >= 11 is 4.15. The van der Waals surface area contributed by atoms with Crippen molar-refractivity contribution in [3.8, 4) is 0 Å². The molecule has 0 saturated heterocycles. The lowest BCUT2D eigenvalue weighted by Crippen LogP contribution is -2.14. The van der Waals surface area contributed by atoms with E-state index < -0.39 is 0 Å². The molecule has 2 aromatic carbocycles. The molecule has 98 valence electrons. The van der Waals surface area contributed by atoms with E-state index >= 15 is 0 Å². The molecule has 0 aliphatic rings. The van der Waals surface area contributed by atoms with Crippen LogP contribution in [0.5, 0.6) is 0 Å². The van der Waals surface area contributed by atoms with Gasteiger partial charge in [0.15, 0.2) is 0 Å². The van der Waals surface area contributed by atoms with E-state index in [0.717, 1.165) is 9.13 Å². The Kier molecular flexibility index (Phi) is 4.77. The van der Waals surface area contributed by atoms with Gasteiger partial charge in [0.05, 0.1) is 11.3 Å². The fourth-order valence-electron chi connectivity index (χ4n) is 1.60. The van der Waals surface area contributed by atoms with Gasteiger partial charge in [0.2, 0.25) is 0 Å². The summed E-state index contributed by atoms with van der Waals surface area (Å²) in [7, 11) is 0. The molecule has 0 aliphatic carbocycles. The SMILES string of the molecule is Cc1cccc(C(=O)Nc2ccc(F)cc2I)c1I. The molecule has 2 nitrogen and oxygen atoms in total. The standard InChI is InChI=1S/C14H10FI2NO/c1-8-3-2-4-10(13(8)17)14(19)18-12-6-5-9(15)7-11(12)16/h2-7H,1H3,(H,18,19). The smallest absolute Gasteiger partial charge is 0.256 e. The summed E-state index contributed by atoms with van der Waals surface area (Å²) in [4.78, 5) is 12.2. The molecule has 1 N–H and O–H groups in total. The third-order valence-electron chi connectivity index (χ3n) is 2.62. The molecule has 0 radical (unpaired) electrons. The van der Waals surface area contributed by atoms with Gasteiger partial charge in [-0.3, -0.25) is 4.79 Å². The maximum atomic E-state index is 13.0. The molecule has 19 heavy (non-hydrogen) atoms. The van der Waals surface area contributed by atoms with Crippen LogP contribution in [0.1, 0.15) is 15.9 Å². The van der Waals surface area contributed by atoms with Crippen LogP contribution in [0.25, 0.3) is 0 Å². The Bertz CT molecular complexity index is 643. The molecule has 1 amide bonds. The summed E-state index contributed by atoms with van der Waals surface area (Å²) in [6, 6.07) is 9.87. The Morgan fingerprint density at radius 2 is 1.95 bits per heavy atom. The lowest BCUT2D eigenvalue weighted by atomic mass is 10.1. The molecule has 2 rings (SSSR count). The van der Waals surface area contributed by atoms with Crippen LogP contribution in [0.15, 0.2) is 36.4 Å². The van der Waals surface area contributed by atoms with E-state index in [2.05, 4.69) is 27.9 Å². The zero-order valence-corrected chi connectivity index (χ0v) is 14.3. The van der Waals surface area contributed by atoms with Gasteiger partial charge < -0.3 is 5.32 Å². The van der Waals surface area contributed by atoms with Crippen molar-refractivity contribution in [2.24, 2.45) is 0 Å². The van der Waals surface area contributed by atoms with Gasteiger partial charge in [0.25, 0.3) is 5.91 Å². The van der Waals surface area contributed by atoms with Gasteiger partial charge in [-0.1, -0.05) is 12.1 Å². The summed E-state index contributed by atoms with van der Waals surface area (Å²) in [5, 5.41) is 2.80. The number of carbonyl (C=O) groups excluding carboxylic acids is 1. The van der Waals surface area contributed by atoms with Crippen LogP contribution in [0, 0.1) is 19.9 Å². The van der Waals surface area contributed by atoms with Crippen LogP contribution in [0.3, 0.4) is 0 Å². The number of amides is 1. The van der Waals surface area contributed by atoms with E-state index in [-0.39, 0.29) is 11.7 Å². The topological polar surface area (TPSA) is 29.1 Å². The van der Waals surface area contributed by atoms with Crippen molar-refractivity contribution in [1.82, 2.24) is 0 Å². The van der Waals surface area contributed by atoms with Gasteiger partial charge in [-0.05, 0) is 81.9 Å². The molecule has 0 unspecified atom stereocenters. The number of nitrogens with one attached hydrogen (secondary N) is 1. The van der Waals surface area contributed by atoms with E-state index in [0.29, 0.717) is 14.8 Å². The quantitative estimate of drug-likeness (QED) is 0.625. The minimum absolute atomic E-state index is 0.183. The van der Waals surface area contributed by atoms with Crippen LogP contribution in [-0.2, 0) is 0 Å². The van der Waals surface area contributed by atoms with Gasteiger partial charge in [-0.15, -0.1) is 0 Å². The predicted molar refractivity (Wildman–Crippen MR) is 91.0 cm³/mol. The van der Waals surface area contributed by atoms with Crippen molar-refractivity contribution in [3.63, 3.8) is 0 Å². The molecule has 0 atom stereocenters. The van der Waals surface area contributed by atoms with Crippen molar-refractivity contribution in [1.29, 1.82) is 0 Å². The molecule has 0 bridgehead atoms. The molecule has 0 spiro atoms. The number of benzene rings is 2. The molecule has 0 aliphatic heterocycles. The fourth-order valence-corrected chi connectivity index (χ4v) is 2.82. The van der Waals surface area contributed by atoms with Crippen molar-refractivity contribution in [2.45, 2.75) is 6.92 Å². The molecule has 0 aromatic heterocycles. The first-order valence-electron chi connectivity index (χ1n) is 5.50. The van der Waals surface area contributed by atoms with Gasteiger partial charge in [0.1, 0.15) is 5.82 Å². The Hall–Kier alpha value is -0.700. The number of rotatable bonds is 2. The summed E-state index contributed by atoms with van der Waals surface area (Å²) in [5.74, 6) is -0.495. The third-order valence-corrected chi connectivity index (χ3v) is 4.94. The largest absolute Gasteiger partial charge is 0.321 e. The highest BCUT2D eigenvalue weighted by molar-refractivity contribution is 14.1. The molecular weight excluding hydrogens is 471 g/mol. The first-order chi connectivity index (χ1) is 8.99. The maximum absolute atomic E-state index is 13.0. The zero-order valence-electron chi connectivity index (χ0n) is 10.0. The predicted octanol–water partition coefficient (Wildman–Crippen LogP) is 4.60. The Morgan fingerprint density at radius 3 is 2.63 bits per heavy atom. The molecule has 0 heterocycles. The summed E-state index contributed by atoms with van der Waals surface area (Å²) in [6.45, 7) is 1.96. The van der Waals surface area contributed by atoms with Crippen LogP contribution in [-0.4, -0.2) is 5.91 Å². The summed E-state index contributed by atoms with van der Waals surface area (Å²) < 4.78 is 14.6. The van der Waals surface area contributed by atoms with Crippen molar-refractivity contribution < 1.29 is 9.18 Å². The number of anilines is 1. The Labute approximate surface area is 138 Å². The second kappa shape index (κ2) is 6.17. The van der Waals surface area contributed by atoms with Crippen molar-refractivity contribution >= 4 is 56.8 Å². The number of hydrogen-bond acceptors (Lipinski definition) is 1. The van der Waals surface area contributed by atoms with Gasteiger partial charge in [-0.25, -0.2) is 4.39 Å². The molecule has 2 aromatic rings. The minimum atomic E-state index is -0.312. The van der Waals surface area contributed by atoms with E-state index in [1.54, 1.807) is 12.1 Å². The van der Waals surface area contributed by atoms with Crippen LogP contribution < -0.4 is 5.32 Å². The summed E-state index contributed by atoms with van der Waals surface area (Å²) in [6.07, 6.45) is 0. The number of aryl methyl sites for hydroxylation is 1. The number of halogens is 3. The highest BCUT2D eigenvalue weighted by atomic mass is 127. The molecule has 0 fully saturated rings. The van der Waals surface area contributed by atoms with E-state index in [1.807, 2.05) is 41.6 Å². The van der Waals surface area contributed by atoms with Crippen LogP contribution in [0.4, 0.5) is 10.1 Å². The lowest BCUT2D eigenvalue weighted by molar-refractivity contribution is 0.102. The molecule has 0 saturated carbocycles. The first kappa shape index (κ1) is 14.7. The third kappa shape index (κ3) is 3.44. The average molecular weight is 481 g/mol. The van der Waals surface area contributed by atoms with Crippen molar-refractivity contribution in [2.75, 3.05) is 5.32 Å². The second-order valence-electron chi connectivity index (χ2n) is 4.01. The Morgan fingerprint density at radius 1 is 1.21 bits per heavy atom. The fraction of sp³-hybridized carbons (Fsp3) is 0.0714. The second-order valence-corrected chi connectivity index (χ2v) is 6.26. The number of hydrogen-bond donors (Lipinski definition) is 1. The number of carbonyl (C=O) groups is 1. The van der Waals surface area contributed by atoms with E-state index in [4.69, 9.17) is 0 Å². The summed E-state index contributed by atoms with van der Waals surface area (Å²) in [5.41, 5.74) is 2.30. The normalized spacial score (nSPS) is 10.3. The lowest BCUT2D eigenvalue weighted by Gasteiger charge is -2.10. The molecular formula is C14H10FI2NO. The molecule has 5 heteroatoms. The van der Waals surface area contributed by atoms with Gasteiger partial charge >= 0.3 is 0 Å². The van der Waals surface area contributed by atoms with E-state index in [1.165, 1.54) is 12.1 Å². The van der Waals surface area contributed by atoms with E-state index in [9.17, 15) is 9.18 Å². The Balaban J connectivity index is 2.28. The van der Waals surface area contributed by atoms with Gasteiger partial charge in [0, 0.05) is 7.14 Å². The first-order valence-corrected chi connectivity index (χ1v) is 7.66. The minimum Gasteiger partial charge on any atom is -0.321 e. The highest BCUT2D eigenvalue weighted by Crippen LogP contribution is 2.22. The van der Waals surface area contributed by atoms with Crippen LogP contribution >= 0.6 is 45.2 Å². The maximum Gasteiger partial charge on any atom is 0.256 e. The highest BCUT2D eigenvalue weighted by Gasteiger charge is 2.12. The zero-order chi connectivity index (χ0) is 14.0.